The fourth-order valence-electron chi connectivity index (χ4n) is 4.42. The summed E-state index contributed by atoms with van der Waals surface area (Å²) in [6, 6.07) is 3.27. The first-order valence-electron chi connectivity index (χ1n) is 11.1. The molecule has 0 unspecified atom stereocenters. The molecule has 2 aromatic rings. The number of hydrogen-bond acceptors (Lipinski definition) is 7. The summed E-state index contributed by atoms with van der Waals surface area (Å²) < 4.78 is 0. The first kappa shape index (κ1) is 22.1. The van der Waals surface area contributed by atoms with Gasteiger partial charge in [-0.25, -0.2) is 9.97 Å². The Hall–Kier alpha value is -3.07. The van der Waals surface area contributed by atoms with Crippen LogP contribution in [0.5, 0.6) is 0 Å². The average molecular weight is 439 g/mol. The van der Waals surface area contributed by atoms with Crippen molar-refractivity contribution in [3.63, 3.8) is 0 Å². The first-order valence-corrected chi connectivity index (χ1v) is 11.1. The average Bonchev–Trinajstić information content (AvgIpc) is 2.76. The van der Waals surface area contributed by atoms with Crippen molar-refractivity contribution < 1.29 is 9.59 Å². The topological polar surface area (TPSA) is 111 Å². The van der Waals surface area contributed by atoms with Crippen molar-refractivity contribution in [1.82, 2.24) is 25.2 Å². The number of pyridine rings is 1. The van der Waals surface area contributed by atoms with E-state index >= 15 is 0 Å². The molecule has 1 saturated heterocycles. The number of Topliss-reactive ketones (excluding diaryl/α,β-unsaturated/α-hetero) is 1. The fraction of sp³-hybridized carbons (Fsp3) is 0.522. The van der Waals surface area contributed by atoms with Crippen LogP contribution in [0.1, 0.15) is 53.1 Å². The van der Waals surface area contributed by atoms with E-state index in [2.05, 4.69) is 30.1 Å². The van der Waals surface area contributed by atoms with Gasteiger partial charge in [0.2, 0.25) is 5.95 Å². The number of amides is 1. The van der Waals surface area contributed by atoms with Gasteiger partial charge >= 0.3 is 0 Å². The lowest BCUT2D eigenvalue weighted by Crippen LogP contribution is -2.47. The van der Waals surface area contributed by atoms with Gasteiger partial charge in [0.15, 0.2) is 5.78 Å². The van der Waals surface area contributed by atoms with Crippen LogP contribution in [0.4, 0.5) is 5.95 Å². The zero-order valence-corrected chi connectivity index (χ0v) is 18.7. The second-order valence-electron chi connectivity index (χ2n) is 9.33. The van der Waals surface area contributed by atoms with E-state index in [-0.39, 0.29) is 16.8 Å². The first-order chi connectivity index (χ1) is 15.3. The van der Waals surface area contributed by atoms with Crippen LogP contribution in [0.2, 0.25) is 0 Å². The highest BCUT2D eigenvalue weighted by atomic mass is 16.2. The maximum atomic E-state index is 12.6. The summed E-state index contributed by atoms with van der Waals surface area (Å²) in [5.41, 5.74) is 0.484. The van der Waals surface area contributed by atoms with E-state index in [1.165, 1.54) is 6.07 Å². The highest BCUT2D eigenvalue weighted by Gasteiger charge is 2.32. The highest BCUT2D eigenvalue weighted by molar-refractivity contribution is 6.02. The molecular weight excluding hydrogens is 408 g/mol. The molecule has 1 amide bonds. The third-order valence-corrected chi connectivity index (χ3v) is 6.11. The van der Waals surface area contributed by atoms with Crippen molar-refractivity contribution in [3.05, 3.63) is 51.7 Å². The molecule has 1 aliphatic carbocycles. The molecule has 1 fully saturated rings. The van der Waals surface area contributed by atoms with Crippen LogP contribution in [-0.2, 0) is 6.42 Å². The van der Waals surface area contributed by atoms with Gasteiger partial charge in [-0.1, -0.05) is 13.8 Å². The SMILES string of the molecule is CC1(C)CC(=O)c2cc(C(=O)NCCCN3CCN(c4ncccn4)CC3)c(=O)[nH]c2C1. The standard InChI is InChI=1S/C23H30N6O3/c1-23(2)14-18-16(19(30)15-23)13-17(21(32)27-18)20(31)24-7-4-8-28-9-11-29(12-10-28)22-25-5-3-6-26-22/h3,5-6,13H,4,7-12,14-15H2,1-2H3,(H,24,31)(H,27,32). The van der Waals surface area contributed by atoms with Crippen molar-refractivity contribution in [2.45, 2.75) is 33.1 Å². The summed E-state index contributed by atoms with van der Waals surface area (Å²) in [4.78, 5) is 53.3. The molecule has 9 nitrogen and oxygen atoms in total. The van der Waals surface area contributed by atoms with Gasteiger partial charge in [0.05, 0.1) is 0 Å². The lowest BCUT2D eigenvalue weighted by molar-refractivity contribution is 0.0910. The van der Waals surface area contributed by atoms with Gasteiger partial charge in [0.25, 0.3) is 11.5 Å². The fourth-order valence-corrected chi connectivity index (χ4v) is 4.42. The molecule has 9 heteroatoms. The van der Waals surface area contributed by atoms with Crippen molar-refractivity contribution in [3.8, 4) is 0 Å². The number of nitrogens with one attached hydrogen (secondary N) is 2. The highest BCUT2D eigenvalue weighted by Crippen LogP contribution is 2.33. The van der Waals surface area contributed by atoms with Crippen LogP contribution < -0.4 is 15.8 Å². The number of piperazine rings is 1. The molecule has 0 aromatic carbocycles. The number of hydrogen-bond donors (Lipinski definition) is 2. The number of fused-ring (bicyclic) bond motifs is 1. The van der Waals surface area contributed by atoms with Gasteiger partial charge in [-0.2, -0.15) is 0 Å². The summed E-state index contributed by atoms with van der Waals surface area (Å²) in [5.74, 6) is 0.302. The van der Waals surface area contributed by atoms with Crippen molar-refractivity contribution in [1.29, 1.82) is 0 Å². The summed E-state index contributed by atoms with van der Waals surface area (Å²) >= 11 is 0. The van der Waals surface area contributed by atoms with Gasteiger partial charge in [-0.05, 0) is 36.9 Å². The number of aromatic nitrogens is 3. The van der Waals surface area contributed by atoms with E-state index in [9.17, 15) is 14.4 Å². The van der Waals surface area contributed by atoms with Crippen LogP contribution in [-0.4, -0.2) is 70.8 Å². The number of rotatable bonds is 6. The summed E-state index contributed by atoms with van der Waals surface area (Å²) in [6.45, 7) is 8.89. The molecular formula is C23H30N6O3. The van der Waals surface area contributed by atoms with E-state index in [4.69, 9.17) is 0 Å². The van der Waals surface area contributed by atoms with Crippen LogP contribution in [0.25, 0.3) is 0 Å². The normalized spacial score (nSPS) is 18.3. The number of nitrogens with zero attached hydrogens (tertiary/aromatic N) is 4. The molecule has 170 valence electrons. The molecule has 3 heterocycles. The quantitative estimate of drug-likeness (QED) is 0.653. The Balaban J connectivity index is 1.25. The monoisotopic (exact) mass is 438 g/mol. The minimum atomic E-state index is -0.439. The molecule has 32 heavy (non-hydrogen) atoms. The third kappa shape index (κ3) is 5.04. The molecule has 0 saturated carbocycles. The Morgan fingerprint density at radius 2 is 1.84 bits per heavy atom. The Morgan fingerprint density at radius 1 is 1.12 bits per heavy atom. The van der Waals surface area contributed by atoms with Crippen molar-refractivity contribution >= 4 is 17.6 Å². The number of aromatic amines is 1. The molecule has 0 radical (unpaired) electrons. The third-order valence-electron chi connectivity index (χ3n) is 6.11. The molecule has 2 aromatic heterocycles. The van der Waals surface area contributed by atoms with E-state index in [0.717, 1.165) is 45.1 Å². The van der Waals surface area contributed by atoms with Crippen LogP contribution in [0.15, 0.2) is 29.3 Å². The Bertz CT molecular complexity index is 1040. The zero-order chi connectivity index (χ0) is 22.7. The van der Waals surface area contributed by atoms with E-state index in [1.54, 1.807) is 12.4 Å². The molecule has 4 rings (SSSR count). The predicted molar refractivity (Wildman–Crippen MR) is 121 cm³/mol. The summed E-state index contributed by atoms with van der Waals surface area (Å²) in [5, 5.41) is 2.82. The molecule has 0 spiro atoms. The van der Waals surface area contributed by atoms with Crippen molar-refractivity contribution in [2.75, 3.05) is 44.2 Å². The van der Waals surface area contributed by atoms with Crippen molar-refractivity contribution in [2.24, 2.45) is 5.41 Å². The van der Waals surface area contributed by atoms with Crippen LogP contribution in [0, 0.1) is 5.41 Å². The maximum Gasteiger partial charge on any atom is 0.261 e. The number of anilines is 1. The lowest BCUT2D eigenvalue weighted by Gasteiger charge is -2.34. The zero-order valence-electron chi connectivity index (χ0n) is 18.7. The maximum absolute atomic E-state index is 12.6. The van der Waals surface area contributed by atoms with Gasteiger partial charge in [-0.3, -0.25) is 19.3 Å². The summed E-state index contributed by atoms with van der Waals surface area (Å²) in [7, 11) is 0. The van der Waals surface area contributed by atoms with E-state index in [1.807, 2.05) is 19.9 Å². The molecule has 2 aliphatic rings. The van der Waals surface area contributed by atoms with Crippen LogP contribution >= 0.6 is 0 Å². The van der Waals surface area contributed by atoms with Gasteiger partial charge in [0.1, 0.15) is 5.56 Å². The Kier molecular flexibility index (Phi) is 6.36. The number of H-pyrrole nitrogens is 1. The van der Waals surface area contributed by atoms with E-state index < -0.39 is 11.5 Å². The second-order valence-corrected chi connectivity index (χ2v) is 9.33. The smallest absolute Gasteiger partial charge is 0.261 e. The van der Waals surface area contributed by atoms with Gasteiger partial charge < -0.3 is 15.2 Å². The predicted octanol–water partition coefficient (Wildman–Crippen LogP) is 1.26. The molecule has 0 bridgehead atoms. The van der Waals surface area contributed by atoms with Gasteiger partial charge in [-0.15, -0.1) is 0 Å². The molecule has 1 aliphatic heterocycles. The lowest BCUT2D eigenvalue weighted by atomic mass is 9.75. The largest absolute Gasteiger partial charge is 0.352 e. The number of carbonyl (C=O) groups is 2. The minimum absolute atomic E-state index is 0.00767. The number of carbonyl (C=O) groups excluding carboxylic acids is 2. The second kappa shape index (κ2) is 9.20. The molecule has 0 atom stereocenters. The minimum Gasteiger partial charge on any atom is -0.352 e. The van der Waals surface area contributed by atoms with Crippen LogP contribution in [0.3, 0.4) is 0 Å². The van der Waals surface area contributed by atoms with Gasteiger partial charge in [0, 0.05) is 62.8 Å². The number of ketones is 1. The van der Waals surface area contributed by atoms with E-state index in [0.29, 0.717) is 30.6 Å². The molecule has 2 N–H and O–H groups in total. The summed E-state index contributed by atoms with van der Waals surface area (Å²) in [6.07, 6.45) is 5.32. The Morgan fingerprint density at radius 3 is 2.56 bits per heavy atom. The Labute approximate surface area is 187 Å².